The summed E-state index contributed by atoms with van der Waals surface area (Å²) in [6, 6.07) is 9.19. The molecule has 0 aliphatic heterocycles. The third kappa shape index (κ3) is 3.19. The number of halogens is 2. The first-order chi connectivity index (χ1) is 8.58. The van der Waals surface area contributed by atoms with Crippen LogP contribution in [-0.4, -0.2) is 0 Å². The molecule has 0 saturated heterocycles. The molecule has 0 bridgehead atoms. The van der Waals surface area contributed by atoms with Crippen LogP contribution < -0.4 is 5.32 Å². The zero-order valence-electron chi connectivity index (χ0n) is 10.3. The fourth-order valence-corrected chi connectivity index (χ4v) is 3.39. The molecule has 1 aromatic heterocycles. The molecule has 0 amide bonds. The molecule has 1 nitrogen and oxygen atoms in total. The van der Waals surface area contributed by atoms with Gasteiger partial charge in [-0.15, -0.1) is 11.3 Å². The van der Waals surface area contributed by atoms with Crippen LogP contribution in [0.2, 0.25) is 0 Å². The lowest BCUT2D eigenvalue weighted by atomic mass is 10.1. The van der Waals surface area contributed by atoms with E-state index < -0.39 is 0 Å². The zero-order chi connectivity index (χ0) is 13.1. The van der Waals surface area contributed by atoms with E-state index >= 15 is 0 Å². The Morgan fingerprint density at radius 1 is 1.22 bits per heavy atom. The molecule has 0 aliphatic carbocycles. The summed E-state index contributed by atoms with van der Waals surface area (Å²) >= 11 is 5.14. The maximum Gasteiger partial charge on any atom is 0.127 e. The van der Waals surface area contributed by atoms with Crippen molar-refractivity contribution in [1.82, 2.24) is 5.32 Å². The summed E-state index contributed by atoms with van der Waals surface area (Å²) in [5.74, 6) is -0.155. The SMILES string of the molecule is CC(NC(C)c1ccccc1F)c1cc(Br)cs1. The number of hydrogen-bond donors (Lipinski definition) is 1. The first-order valence-corrected chi connectivity index (χ1v) is 7.49. The summed E-state index contributed by atoms with van der Waals surface area (Å²) < 4.78 is 14.7. The Morgan fingerprint density at radius 3 is 2.56 bits per heavy atom. The molecule has 2 rings (SSSR count). The van der Waals surface area contributed by atoms with Gasteiger partial charge >= 0.3 is 0 Å². The minimum absolute atomic E-state index is 0.0120. The molecule has 2 unspecified atom stereocenters. The first kappa shape index (κ1) is 13.7. The van der Waals surface area contributed by atoms with E-state index in [0.29, 0.717) is 5.56 Å². The third-order valence-electron chi connectivity index (χ3n) is 2.89. The Kier molecular flexibility index (Phi) is 4.54. The Hall–Kier alpha value is -0.710. The maximum atomic E-state index is 13.7. The van der Waals surface area contributed by atoms with Gasteiger partial charge < -0.3 is 5.32 Å². The Labute approximate surface area is 119 Å². The van der Waals surface area contributed by atoms with E-state index in [1.54, 1.807) is 17.4 Å². The van der Waals surface area contributed by atoms with E-state index in [9.17, 15) is 4.39 Å². The quantitative estimate of drug-likeness (QED) is 0.827. The number of thiophene rings is 1. The van der Waals surface area contributed by atoms with Crippen LogP contribution in [0.5, 0.6) is 0 Å². The average Bonchev–Trinajstić information content (AvgIpc) is 2.76. The molecule has 4 heteroatoms. The standard InChI is InChI=1S/C14H15BrFNS/c1-9(12-5-3-4-6-13(12)16)17-10(2)14-7-11(15)8-18-14/h3-10,17H,1-2H3. The molecule has 1 N–H and O–H groups in total. The van der Waals surface area contributed by atoms with Crippen LogP contribution in [0.3, 0.4) is 0 Å². The molecule has 1 aromatic carbocycles. The van der Waals surface area contributed by atoms with Gasteiger partial charge in [-0.3, -0.25) is 0 Å². The topological polar surface area (TPSA) is 12.0 Å². The summed E-state index contributed by atoms with van der Waals surface area (Å²) in [5.41, 5.74) is 0.708. The Morgan fingerprint density at radius 2 is 1.94 bits per heavy atom. The van der Waals surface area contributed by atoms with Gasteiger partial charge in [-0.05, 0) is 41.9 Å². The van der Waals surface area contributed by atoms with Crippen molar-refractivity contribution in [2.75, 3.05) is 0 Å². The van der Waals surface area contributed by atoms with Crippen LogP contribution in [-0.2, 0) is 0 Å². The second-order valence-corrected chi connectivity index (χ2v) is 6.16. The van der Waals surface area contributed by atoms with Crippen molar-refractivity contribution in [3.05, 3.63) is 56.4 Å². The highest BCUT2D eigenvalue weighted by Crippen LogP contribution is 2.27. The maximum absolute atomic E-state index is 13.7. The number of nitrogens with one attached hydrogen (secondary N) is 1. The van der Waals surface area contributed by atoms with Gasteiger partial charge in [0.25, 0.3) is 0 Å². The van der Waals surface area contributed by atoms with Crippen molar-refractivity contribution in [1.29, 1.82) is 0 Å². The molecule has 18 heavy (non-hydrogen) atoms. The molecule has 0 aliphatic rings. The van der Waals surface area contributed by atoms with Gasteiger partial charge in [0.05, 0.1) is 0 Å². The molecule has 0 radical (unpaired) electrons. The Bertz CT molecular complexity index is 526. The minimum atomic E-state index is -0.155. The van der Waals surface area contributed by atoms with Crippen LogP contribution >= 0.6 is 27.3 Å². The second-order valence-electron chi connectivity index (χ2n) is 4.30. The molecule has 2 atom stereocenters. The lowest BCUT2D eigenvalue weighted by Crippen LogP contribution is -2.22. The molecule has 2 aromatic rings. The van der Waals surface area contributed by atoms with Gasteiger partial charge in [-0.25, -0.2) is 4.39 Å². The van der Waals surface area contributed by atoms with Gasteiger partial charge in [-0.2, -0.15) is 0 Å². The van der Waals surface area contributed by atoms with Gasteiger partial charge in [-0.1, -0.05) is 18.2 Å². The van der Waals surface area contributed by atoms with E-state index in [4.69, 9.17) is 0 Å². The van der Waals surface area contributed by atoms with Crippen molar-refractivity contribution >= 4 is 27.3 Å². The smallest absolute Gasteiger partial charge is 0.127 e. The third-order valence-corrected chi connectivity index (χ3v) is 4.76. The highest BCUT2D eigenvalue weighted by atomic mass is 79.9. The normalized spacial score (nSPS) is 14.4. The lowest BCUT2D eigenvalue weighted by Gasteiger charge is -2.19. The van der Waals surface area contributed by atoms with Crippen LogP contribution in [0.1, 0.15) is 36.4 Å². The molecular formula is C14H15BrFNS. The summed E-state index contributed by atoms with van der Waals surface area (Å²) in [6.07, 6.45) is 0. The first-order valence-electron chi connectivity index (χ1n) is 5.82. The van der Waals surface area contributed by atoms with Crippen LogP contribution in [0, 0.1) is 5.82 Å². The predicted molar refractivity (Wildman–Crippen MR) is 78.4 cm³/mol. The predicted octanol–water partition coefficient (Wildman–Crippen LogP) is 5.06. The van der Waals surface area contributed by atoms with Crippen molar-refractivity contribution in [2.45, 2.75) is 25.9 Å². The number of benzene rings is 1. The van der Waals surface area contributed by atoms with Crippen LogP contribution in [0.4, 0.5) is 4.39 Å². The molecule has 0 saturated carbocycles. The molecule has 96 valence electrons. The molecule has 0 fully saturated rings. The monoisotopic (exact) mass is 327 g/mol. The molecule has 0 spiro atoms. The van der Waals surface area contributed by atoms with Crippen molar-refractivity contribution in [3.63, 3.8) is 0 Å². The fraction of sp³-hybridized carbons (Fsp3) is 0.286. The van der Waals surface area contributed by atoms with E-state index in [-0.39, 0.29) is 17.9 Å². The van der Waals surface area contributed by atoms with Crippen molar-refractivity contribution < 1.29 is 4.39 Å². The highest BCUT2D eigenvalue weighted by molar-refractivity contribution is 9.10. The van der Waals surface area contributed by atoms with E-state index in [0.717, 1.165) is 4.47 Å². The second kappa shape index (κ2) is 5.95. The van der Waals surface area contributed by atoms with E-state index in [1.807, 2.05) is 19.1 Å². The van der Waals surface area contributed by atoms with Crippen molar-refractivity contribution in [3.8, 4) is 0 Å². The van der Waals surface area contributed by atoms with E-state index in [2.05, 4.69) is 39.6 Å². The highest BCUT2D eigenvalue weighted by Gasteiger charge is 2.15. The van der Waals surface area contributed by atoms with Crippen LogP contribution in [0.15, 0.2) is 40.2 Å². The van der Waals surface area contributed by atoms with Gasteiger partial charge in [0.2, 0.25) is 0 Å². The summed E-state index contributed by atoms with van der Waals surface area (Å²) in [7, 11) is 0. The Balaban J connectivity index is 2.08. The summed E-state index contributed by atoms with van der Waals surface area (Å²) in [6.45, 7) is 4.08. The summed E-state index contributed by atoms with van der Waals surface area (Å²) in [4.78, 5) is 1.24. The largest absolute Gasteiger partial charge is 0.303 e. The number of rotatable bonds is 4. The van der Waals surface area contributed by atoms with Crippen molar-refractivity contribution in [2.24, 2.45) is 0 Å². The summed E-state index contributed by atoms with van der Waals surface area (Å²) in [5, 5.41) is 5.47. The van der Waals surface area contributed by atoms with Gasteiger partial charge in [0.15, 0.2) is 0 Å². The van der Waals surface area contributed by atoms with Crippen LogP contribution in [0.25, 0.3) is 0 Å². The molecule has 1 heterocycles. The zero-order valence-corrected chi connectivity index (χ0v) is 12.7. The fourth-order valence-electron chi connectivity index (χ4n) is 1.93. The van der Waals surface area contributed by atoms with Gasteiger partial charge in [0, 0.05) is 32.4 Å². The van der Waals surface area contributed by atoms with E-state index in [1.165, 1.54) is 10.9 Å². The number of hydrogen-bond acceptors (Lipinski definition) is 2. The minimum Gasteiger partial charge on any atom is -0.303 e. The lowest BCUT2D eigenvalue weighted by molar-refractivity contribution is 0.478. The van der Waals surface area contributed by atoms with Gasteiger partial charge in [0.1, 0.15) is 5.82 Å². The molecular weight excluding hydrogens is 313 g/mol. The average molecular weight is 328 g/mol.